The average Bonchev–Trinajstić information content (AvgIpc) is 3.20. The number of hydrogen-bond donors (Lipinski definition) is 1. The summed E-state index contributed by atoms with van der Waals surface area (Å²) in [5.74, 6) is 1.24. The summed E-state index contributed by atoms with van der Waals surface area (Å²) in [6.07, 6.45) is 8.32. The number of aromatic nitrogens is 4. The number of imidazole rings is 2. The minimum atomic E-state index is -0.239. The van der Waals surface area contributed by atoms with Crippen LogP contribution in [0.2, 0.25) is 0 Å². The first kappa shape index (κ1) is 15.4. The lowest BCUT2D eigenvalue weighted by Crippen LogP contribution is -2.57. The number of amides is 1. The third-order valence-electron chi connectivity index (χ3n) is 5.61. The van der Waals surface area contributed by atoms with Gasteiger partial charge in [-0.2, -0.15) is 0 Å². The molecule has 0 radical (unpaired) electrons. The molecule has 0 atom stereocenters. The van der Waals surface area contributed by atoms with Crippen LogP contribution in [0.15, 0.2) is 18.7 Å². The molecular weight excluding hydrogens is 304 g/mol. The van der Waals surface area contributed by atoms with E-state index >= 15 is 0 Å². The number of carbonyl (C=O) groups is 1. The van der Waals surface area contributed by atoms with Crippen molar-refractivity contribution < 1.29 is 4.79 Å². The molecule has 0 aromatic carbocycles. The molecule has 0 bridgehead atoms. The first-order chi connectivity index (χ1) is 11.6. The molecule has 2 aliphatic heterocycles. The molecule has 7 heteroatoms. The van der Waals surface area contributed by atoms with Gasteiger partial charge in [0.05, 0.1) is 24.1 Å². The maximum absolute atomic E-state index is 12.2. The lowest BCUT2D eigenvalue weighted by molar-refractivity contribution is -0.139. The van der Waals surface area contributed by atoms with Gasteiger partial charge in [-0.25, -0.2) is 9.97 Å². The van der Waals surface area contributed by atoms with Gasteiger partial charge >= 0.3 is 0 Å². The Kier molecular flexibility index (Phi) is 3.68. The fraction of sp³-hybridized carbons (Fsp3) is 0.588. The van der Waals surface area contributed by atoms with E-state index in [2.05, 4.69) is 24.4 Å². The van der Waals surface area contributed by atoms with E-state index in [1.54, 1.807) is 13.3 Å². The van der Waals surface area contributed by atoms with Gasteiger partial charge in [0, 0.05) is 58.1 Å². The minimum absolute atomic E-state index is 0.154. The Morgan fingerprint density at radius 1 is 1.29 bits per heavy atom. The van der Waals surface area contributed by atoms with E-state index in [1.165, 1.54) is 5.69 Å². The van der Waals surface area contributed by atoms with E-state index in [9.17, 15) is 4.79 Å². The maximum atomic E-state index is 12.2. The van der Waals surface area contributed by atoms with Crippen LogP contribution in [0.25, 0.3) is 0 Å². The molecule has 1 spiro atoms. The fourth-order valence-electron chi connectivity index (χ4n) is 4.27. The highest BCUT2D eigenvalue weighted by atomic mass is 16.2. The lowest BCUT2D eigenvalue weighted by atomic mass is 9.78. The normalized spacial score (nSPS) is 20.3. The Hall–Kier alpha value is -2.15. The number of nitrogens with zero attached hydrogens (tertiary/aromatic N) is 5. The molecule has 2 aromatic rings. The van der Waals surface area contributed by atoms with E-state index in [4.69, 9.17) is 0 Å². The zero-order valence-electron chi connectivity index (χ0n) is 14.3. The number of H-pyrrole nitrogens is 1. The van der Waals surface area contributed by atoms with E-state index in [-0.39, 0.29) is 11.4 Å². The molecule has 128 valence electrons. The highest BCUT2D eigenvalue weighted by Crippen LogP contribution is 2.42. The second kappa shape index (κ2) is 5.73. The van der Waals surface area contributed by atoms with Crippen molar-refractivity contribution in [1.82, 2.24) is 29.3 Å². The second-order valence-electron chi connectivity index (χ2n) is 6.91. The number of hydrogen-bond acceptors (Lipinski definition) is 4. The van der Waals surface area contributed by atoms with Crippen molar-refractivity contribution >= 4 is 5.91 Å². The summed E-state index contributed by atoms with van der Waals surface area (Å²) >= 11 is 0. The molecule has 2 aromatic heterocycles. The number of aromatic amines is 1. The van der Waals surface area contributed by atoms with Gasteiger partial charge in [0.1, 0.15) is 5.82 Å². The highest BCUT2D eigenvalue weighted by Gasteiger charge is 2.47. The quantitative estimate of drug-likeness (QED) is 0.894. The third-order valence-corrected chi connectivity index (χ3v) is 5.61. The van der Waals surface area contributed by atoms with E-state index in [0.717, 1.165) is 57.0 Å². The number of carbonyl (C=O) groups excluding carboxylic acids is 1. The maximum Gasteiger partial charge on any atom is 0.220 e. The van der Waals surface area contributed by atoms with Crippen LogP contribution in [0.5, 0.6) is 0 Å². The van der Waals surface area contributed by atoms with Crippen LogP contribution in [0.1, 0.15) is 37.0 Å². The Bertz CT molecular complexity index is 740. The van der Waals surface area contributed by atoms with Gasteiger partial charge < -0.3 is 14.5 Å². The molecule has 1 fully saturated rings. The average molecular weight is 328 g/mol. The molecular formula is C17H24N6O. The summed E-state index contributed by atoms with van der Waals surface area (Å²) in [7, 11) is 2.03. The molecule has 0 unspecified atom stereocenters. The van der Waals surface area contributed by atoms with Crippen molar-refractivity contribution in [3.8, 4) is 0 Å². The summed E-state index contributed by atoms with van der Waals surface area (Å²) in [6.45, 7) is 5.21. The molecule has 4 rings (SSSR count). The van der Waals surface area contributed by atoms with Gasteiger partial charge in [-0.15, -0.1) is 0 Å². The second-order valence-corrected chi connectivity index (χ2v) is 6.91. The van der Waals surface area contributed by atoms with Crippen LogP contribution in [0.3, 0.4) is 0 Å². The monoisotopic (exact) mass is 328 g/mol. The molecule has 4 heterocycles. The van der Waals surface area contributed by atoms with Gasteiger partial charge in [-0.3, -0.25) is 9.69 Å². The smallest absolute Gasteiger partial charge is 0.220 e. The number of rotatable bonds is 2. The summed E-state index contributed by atoms with van der Waals surface area (Å²) in [5, 5.41) is 0. The predicted molar refractivity (Wildman–Crippen MR) is 89.1 cm³/mol. The Labute approximate surface area is 141 Å². The van der Waals surface area contributed by atoms with E-state index < -0.39 is 0 Å². The summed E-state index contributed by atoms with van der Waals surface area (Å²) in [6, 6.07) is 0. The van der Waals surface area contributed by atoms with Gasteiger partial charge in [-0.1, -0.05) is 0 Å². The van der Waals surface area contributed by atoms with Gasteiger partial charge in [0.15, 0.2) is 0 Å². The Balaban J connectivity index is 1.56. The topological polar surface area (TPSA) is 70.1 Å². The SMILES string of the molecule is CC(=O)N1CCc2[nH]cnc2C12CCN(Cc1nccn1C)CC2. The Morgan fingerprint density at radius 2 is 2.08 bits per heavy atom. The summed E-state index contributed by atoms with van der Waals surface area (Å²) < 4.78 is 2.07. The van der Waals surface area contributed by atoms with Crippen LogP contribution in [0.4, 0.5) is 0 Å². The fourth-order valence-corrected chi connectivity index (χ4v) is 4.27. The van der Waals surface area contributed by atoms with E-state index in [0.29, 0.717) is 0 Å². The molecule has 7 nitrogen and oxygen atoms in total. The van der Waals surface area contributed by atoms with Crippen LogP contribution >= 0.6 is 0 Å². The molecule has 1 saturated heterocycles. The van der Waals surface area contributed by atoms with Crippen molar-refractivity contribution in [3.63, 3.8) is 0 Å². The Morgan fingerprint density at radius 3 is 2.75 bits per heavy atom. The van der Waals surface area contributed by atoms with Crippen molar-refractivity contribution in [3.05, 3.63) is 35.9 Å². The van der Waals surface area contributed by atoms with Crippen molar-refractivity contribution in [1.29, 1.82) is 0 Å². The molecule has 1 amide bonds. The number of aryl methyl sites for hydroxylation is 1. The number of piperidine rings is 1. The van der Waals surface area contributed by atoms with Crippen LogP contribution in [0, 0.1) is 0 Å². The molecule has 1 N–H and O–H groups in total. The standard InChI is InChI=1S/C17H24N6O/c1-13(24)23-7-3-14-16(20-12-19-14)17(23)4-8-22(9-5-17)11-15-18-6-10-21(15)2/h6,10,12H,3-5,7-9,11H2,1-2H3,(H,19,20). The molecule has 0 aliphatic carbocycles. The third kappa shape index (κ3) is 2.34. The first-order valence-corrected chi connectivity index (χ1v) is 8.60. The zero-order chi connectivity index (χ0) is 16.7. The van der Waals surface area contributed by atoms with Crippen molar-refractivity contribution in [2.24, 2.45) is 7.05 Å². The molecule has 24 heavy (non-hydrogen) atoms. The van der Waals surface area contributed by atoms with Gasteiger partial charge in [0.2, 0.25) is 5.91 Å². The van der Waals surface area contributed by atoms with Gasteiger partial charge in [0.25, 0.3) is 0 Å². The van der Waals surface area contributed by atoms with Crippen LogP contribution in [-0.4, -0.2) is 54.9 Å². The molecule has 0 saturated carbocycles. The molecule has 2 aliphatic rings. The summed E-state index contributed by atoms with van der Waals surface area (Å²) in [4.78, 5) is 29.0. The number of nitrogens with one attached hydrogen (secondary N) is 1. The van der Waals surface area contributed by atoms with Crippen molar-refractivity contribution in [2.75, 3.05) is 19.6 Å². The largest absolute Gasteiger partial charge is 0.348 e. The highest BCUT2D eigenvalue weighted by molar-refractivity contribution is 5.75. The zero-order valence-corrected chi connectivity index (χ0v) is 14.3. The van der Waals surface area contributed by atoms with Crippen LogP contribution < -0.4 is 0 Å². The van der Waals surface area contributed by atoms with Crippen LogP contribution in [-0.2, 0) is 30.3 Å². The summed E-state index contributed by atoms with van der Waals surface area (Å²) in [5.41, 5.74) is 2.04. The van der Waals surface area contributed by atoms with E-state index in [1.807, 2.05) is 24.3 Å². The predicted octanol–water partition coefficient (Wildman–Crippen LogP) is 1.04. The number of fused-ring (bicyclic) bond motifs is 2. The van der Waals surface area contributed by atoms with Crippen molar-refractivity contribution in [2.45, 2.75) is 38.3 Å². The first-order valence-electron chi connectivity index (χ1n) is 8.60. The lowest BCUT2D eigenvalue weighted by Gasteiger charge is -2.50. The van der Waals surface area contributed by atoms with Gasteiger partial charge in [-0.05, 0) is 12.8 Å². The number of likely N-dealkylation sites (tertiary alicyclic amines) is 1. The minimum Gasteiger partial charge on any atom is -0.348 e.